The number of hydrogen-bond acceptors (Lipinski definition) is 4. The minimum atomic E-state index is -4.83. The predicted molar refractivity (Wildman–Crippen MR) is 106 cm³/mol. The number of pyridine rings is 2. The van der Waals surface area contributed by atoms with Crippen molar-refractivity contribution >= 4 is 10.9 Å². The Labute approximate surface area is 183 Å². The molecule has 5 nitrogen and oxygen atoms in total. The summed E-state index contributed by atoms with van der Waals surface area (Å²) in [6.07, 6.45) is -3.53. The van der Waals surface area contributed by atoms with Gasteiger partial charge in [0.2, 0.25) is 0 Å². The zero-order valence-electron chi connectivity index (χ0n) is 17.3. The molecular weight excluding hydrogens is 454 g/mol. The van der Waals surface area contributed by atoms with E-state index >= 15 is 0 Å². The number of ether oxygens (including phenoxy) is 2. The van der Waals surface area contributed by atoms with Crippen molar-refractivity contribution in [1.29, 1.82) is 0 Å². The summed E-state index contributed by atoms with van der Waals surface area (Å²) in [5, 5.41) is 0.214. The molecule has 1 N–H and O–H groups in total. The number of nitrogens with one attached hydrogen (secondary N) is 1. The molecule has 1 saturated heterocycles. The average Bonchev–Trinajstić information content (AvgIpc) is 3.00. The second kappa shape index (κ2) is 8.05. The summed E-state index contributed by atoms with van der Waals surface area (Å²) in [5.41, 5.74) is -2.98. The van der Waals surface area contributed by atoms with Crippen molar-refractivity contribution in [2.24, 2.45) is 5.92 Å². The number of halogens is 6. The lowest BCUT2D eigenvalue weighted by Gasteiger charge is -2.32. The normalized spacial score (nSPS) is 25.7. The Morgan fingerprint density at radius 3 is 2.61 bits per heavy atom. The molecular formula is C22H18F6N2O3. The van der Waals surface area contributed by atoms with Gasteiger partial charge >= 0.3 is 12.8 Å². The first-order valence-corrected chi connectivity index (χ1v) is 9.88. The molecule has 0 aliphatic carbocycles. The third kappa shape index (κ3) is 3.94. The Hall–Kier alpha value is -3.08. The molecule has 3 aromatic rings. The van der Waals surface area contributed by atoms with E-state index in [4.69, 9.17) is 4.74 Å². The average molecular weight is 472 g/mol. The Balaban J connectivity index is 1.93. The van der Waals surface area contributed by atoms with Crippen LogP contribution in [0, 0.1) is 11.7 Å². The fraction of sp³-hybridized carbons (Fsp3) is 0.364. The number of nitrogens with zero attached hydrogens (tertiary/aromatic N) is 1. The van der Waals surface area contributed by atoms with Crippen molar-refractivity contribution in [2.75, 3.05) is 0 Å². The van der Waals surface area contributed by atoms with Gasteiger partial charge in [0.1, 0.15) is 17.7 Å². The summed E-state index contributed by atoms with van der Waals surface area (Å²) in [5.74, 6) is -4.03. The van der Waals surface area contributed by atoms with Crippen molar-refractivity contribution in [3.05, 3.63) is 70.0 Å². The molecule has 1 aliphatic rings. The lowest BCUT2D eigenvalue weighted by Crippen LogP contribution is -2.46. The van der Waals surface area contributed by atoms with Crippen LogP contribution in [0.4, 0.5) is 26.3 Å². The molecule has 0 amide bonds. The van der Waals surface area contributed by atoms with Gasteiger partial charge in [-0.25, -0.2) is 4.39 Å². The van der Waals surface area contributed by atoms with Crippen LogP contribution < -0.4 is 10.2 Å². The van der Waals surface area contributed by atoms with E-state index in [0.29, 0.717) is 11.6 Å². The van der Waals surface area contributed by atoms with E-state index in [2.05, 4.69) is 14.7 Å². The van der Waals surface area contributed by atoms with E-state index in [-0.39, 0.29) is 16.6 Å². The minimum absolute atomic E-state index is 0.0100. The van der Waals surface area contributed by atoms with Gasteiger partial charge in [0, 0.05) is 47.6 Å². The van der Waals surface area contributed by atoms with Crippen LogP contribution in [0.1, 0.15) is 37.1 Å². The summed E-state index contributed by atoms with van der Waals surface area (Å²) in [7, 11) is 0. The van der Waals surface area contributed by atoms with Gasteiger partial charge in [-0.05, 0) is 19.1 Å². The van der Waals surface area contributed by atoms with Gasteiger partial charge in [0.15, 0.2) is 11.0 Å². The van der Waals surface area contributed by atoms with Crippen LogP contribution in [-0.4, -0.2) is 28.4 Å². The van der Waals surface area contributed by atoms with E-state index in [9.17, 15) is 31.1 Å². The van der Waals surface area contributed by atoms with Crippen molar-refractivity contribution < 1.29 is 35.8 Å². The summed E-state index contributed by atoms with van der Waals surface area (Å²) >= 11 is 0. The van der Waals surface area contributed by atoms with Crippen LogP contribution in [0.15, 0.2) is 47.5 Å². The number of aromatic amines is 1. The SMILES string of the molecule is CC1C(c2ccc(F)cc2OC(F)F)C(c2cc(=O)c3cnccc3[nH]2)OC1(C)C(F)(F)F. The van der Waals surface area contributed by atoms with Crippen LogP contribution >= 0.6 is 0 Å². The largest absolute Gasteiger partial charge is 0.434 e. The molecule has 1 aliphatic heterocycles. The number of H-pyrrole nitrogens is 1. The molecule has 0 bridgehead atoms. The molecule has 4 unspecified atom stereocenters. The number of aromatic nitrogens is 2. The number of rotatable bonds is 4. The zero-order valence-corrected chi connectivity index (χ0v) is 17.3. The van der Waals surface area contributed by atoms with E-state index in [1.165, 1.54) is 25.4 Å². The molecule has 11 heteroatoms. The summed E-state index contributed by atoms with van der Waals surface area (Å²) in [4.78, 5) is 19.3. The van der Waals surface area contributed by atoms with Crippen molar-refractivity contribution in [3.8, 4) is 5.75 Å². The highest BCUT2D eigenvalue weighted by Gasteiger charge is 2.65. The second-order valence-electron chi connectivity index (χ2n) is 8.03. The number of fused-ring (bicyclic) bond motifs is 1. The molecule has 2 aromatic heterocycles. The monoisotopic (exact) mass is 472 g/mol. The van der Waals surface area contributed by atoms with Crippen LogP contribution in [0.3, 0.4) is 0 Å². The fourth-order valence-electron chi connectivity index (χ4n) is 4.31. The molecule has 0 spiro atoms. The third-order valence-corrected chi connectivity index (χ3v) is 6.18. The zero-order chi connectivity index (χ0) is 24.1. The minimum Gasteiger partial charge on any atom is -0.434 e. The van der Waals surface area contributed by atoms with Gasteiger partial charge in [-0.2, -0.15) is 22.0 Å². The highest BCUT2D eigenvalue weighted by atomic mass is 19.4. The molecule has 3 heterocycles. The quantitative estimate of drug-likeness (QED) is 0.511. The van der Waals surface area contributed by atoms with E-state index < -0.39 is 53.3 Å². The smallest absolute Gasteiger partial charge is 0.417 e. The highest BCUT2D eigenvalue weighted by molar-refractivity contribution is 5.77. The molecule has 1 aromatic carbocycles. The molecule has 4 rings (SSSR count). The highest BCUT2D eigenvalue weighted by Crippen LogP contribution is 2.59. The first kappa shape index (κ1) is 23.1. The Morgan fingerprint density at radius 1 is 1.21 bits per heavy atom. The summed E-state index contributed by atoms with van der Waals surface area (Å²) in [6.45, 7) is -1.22. The Morgan fingerprint density at radius 2 is 1.94 bits per heavy atom. The van der Waals surface area contributed by atoms with Crippen molar-refractivity contribution in [1.82, 2.24) is 9.97 Å². The van der Waals surface area contributed by atoms with Gasteiger partial charge in [0.05, 0.1) is 10.9 Å². The topological polar surface area (TPSA) is 64.2 Å². The number of benzene rings is 1. The van der Waals surface area contributed by atoms with Crippen LogP contribution in [0.25, 0.3) is 10.9 Å². The maximum Gasteiger partial charge on any atom is 0.417 e. The van der Waals surface area contributed by atoms with Crippen molar-refractivity contribution in [2.45, 2.75) is 44.3 Å². The second-order valence-corrected chi connectivity index (χ2v) is 8.03. The maximum absolute atomic E-state index is 14.1. The van der Waals surface area contributed by atoms with Gasteiger partial charge in [-0.3, -0.25) is 9.78 Å². The van der Waals surface area contributed by atoms with Crippen LogP contribution in [0.5, 0.6) is 5.75 Å². The van der Waals surface area contributed by atoms with Gasteiger partial charge in [-0.15, -0.1) is 0 Å². The molecule has 176 valence electrons. The van der Waals surface area contributed by atoms with E-state index in [1.807, 2.05) is 0 Å². The molecule has 0 saturated carbocycles. The standard InChI is InChI=1S/C22H18F6N2O3/c1-10-18(12-4-3-11(23)7-17(12)32-20(24)25)19(33-21(10,2)22(26,27)28)15-8-16(31)13-9-29-6-5-14(13)30-15/h3-10,18-20H,1-2H3,(H,30,31). The lowest BCUT2D eigenvalue weighted by molar-refractivity contribution is -0.275. The Kier molecular flexibility index (Phi) is 5.63. The van der Waals surface area contributed by atoms with Gasteiger partial charge in [-0.1, -0.05) is 13.0 Å². The van der Waals surface area contributed by atoms with E-state index in [1.54, 1.807) is 0 Å². The third-order valence-electron chi connectivity index (χ3n) is 6.18. The summed E-state index contributed by atoms with van der Waals surface area (Å²) in [6, 6.07) is 5.28. The maximum atomic E-state index is 14.1. The predicted octanol–water partition coefficient (Wildman–Crippen LogP) is 5.48. The summed E-state index contributed by atoms with van der Waals surface area (Å²) < 4.78 is 91.9. The van der Waals surface area contributed by atoms with Gasteiger partial charge < -0.3 is 14.5 Å². The van der Waals surface area contributed by atoms with E-state index in [0.717, 1.165) is 25.1 Å². The van der Waals surface area contributed by atoms with Crippen molar-refractivity contribution in [3.63, 3.8) is 0 Å². The van der Waals surface area contributed by atoms with Crippen LogP contribution in [0.2, 0.25) is 0 Å². The van der Waals surface area contributed by atoms with Gasteiger partial charge in [0.25, 0.3) is 0 Å². The Bertz CT molecular complexity index is 1240. The molecule has 4 atom stereocenters. The first-order valence-electron chi connectivity index (χ1n) is 9.88. The first-order chi connectivity index (χ1) is 15.4. The fourth-order valence-corrected chi connectivity index (χ4v) is 4.31. The number of hydrogen-bond donors (Lipinski definition) is 1. The van der Waals surface area contributed by atoms with Crippen LogP contribution in [-0.2, 0) is 4.74 Å². The molecule has 1 fully saturated rings. The lowest BCUT2D eigenvalue weighted by atomic mass is 9.76. The molecule has 33 heavy (non-hydrogen) atoms. The molecule has 0 radical (unpaired) electrons. The number of alkyl halides is 5.